The number of carbonyl (C=O) groups excluding carboxylic acids is 1. The Kier molecular flexibility index (Phi) is 3.40. The number of rotatable bonds is 1. The van der Waals surface area contributed by atoms with Gasteiger partial charge in [-0.2, -0.15) is 0 Å². The maximum Gasteiger partial charge on any atom is 0.256 e. The van der Waals surface area contributed by atoms with E-state index in [0.29, 0.717) is 5.56 Å². The van der Waals surface area contributed by atoms with Gasteiger partial charge in [0.2, 0.25) is 0 Å². The molecule has 20 heavy (non-hydrogen) atoms. The quantitative estimate of drug-likeness (QED) is 0.861. The number of aromatic nitrogens is 1. The summed E-state index contributed by atoms with van der Waals surface area (Å²) in [7, 11) is 0. The van der Waals surface area contributed by atoms with E-state index < -0.39 is 0 Å². The molecular formula is C16H19N3O. The average molecular weight is 269 g/mol. The third-order valence-corrected chi connectivity index (χ3v) is 3.85. The van der Waals surface area contributed by atoms with Crippen LogP contribution in [0.5, 0.6) is 0 Å². The summed E-state index contributed by atoms with van der Waals surface area (Å²) < 4.78 is 0. The molecule has 1 saturated heterocycles. The molecule has 1 aliphatic rings. The molecule has 1 atom stereocenters. The number of fused-ring (bicyclic) bond motifs is 1. The summed E-state index contributed by atoms with van der Waals surface area (Å²) in [5, 5.41) is 4.33. The molecule has 1 aromatic heterocycles. The van der Waals surface area contributed by atoms with Gasteiger partial charge in [0.25, 0.3) is 5.91 Å². The first kappa shape index (κ1) is 13.1. The highest BCUT2D eigenvalue weighted by Crippen LogP contribution is 2.20. The Morgan fingerprint density at radius 3 is 3.00 bits per heavy atom. The van der Waals surface area contributed by atoms with Crippen molar-refractivity contribution in [1.82, 2.24) is 15.2 Å². The van der Waals surface area contributed by atoms with E-state index in [1.165, 1.54) is 0 Å². The number of amides is 1. The Balaban J connectivity index is 2.05. The molecule has 1 N–H and O–H groups in total. The van der Waals surface area contributed by atoms with Crippen LogP contribution < -0.4 is 5.32 Å². The molecule has 4 nitrogen and oxygen atoms in total. The van der Waals surface area contributed by atoms with Gasteiger partial charge >= 0.3 is 0 Å². The van der Waals surface area contributed by atoms with Gasteiger partial charge in [0, 0.05) is 36.8 Å². The van der Waals surface area contributed by atoms with E-state index in [0.717, 1.165) is 36.2 Å². The molecule has 1 fully saturated rings. The Morgan fingerprint density at radius 1 is 1.35 bits per heavy atom. The van der Waals surface area contributed by atoms with Crippen LogP contribution in [-0.4, -0.2) is 41.5 Å². The predicted octanol–water partition coefficient (Wildman–Crippen LogP) is 1.98. The van der Waals surface area contributed by atoms with E-state index in [2.05, 4.69) is 17.2 Å². The van der Waals surface area contributed by atoms with Crippen molar-refractivity contribution in [2.75, 3.05) is 19.6 Å². The van der Waals surface area contributed by atoms with Crippen LogP contribution in [-0.2, 0) is 0 Å². The van der Waals surface area contributed by atoms with Gasteiger partial charge in [-0.05, 0) is 26.0 Å². The molecular weight excluding hydrogens is 250 g/mol. The third-order valence-electron chi connectivity index (χ3n) is 3.85. The Hall–Kier alpha value is -1.94. The lowest BCUT2D eigenvalue weighted by Gasteiger charge is -2.34. The van der Waals surface area contributed by atoms with Gasteiger partial charge in [-0.3, -0.25) is 9.78 Å². The van der Waals surface area contributed by atoms with E-state index in [1.54, 1.807) is 0 Å². The number of carbonyl (C=O) groups is 1. The smallest absolute Gasteiger partial charge is 0.256 e. The number of nitrogens with zero attached hydrogens (tertiary/aromatic N) is 2. The summed E-state index contributed by atoms with van der Waals surface area (Å²) >= 11 is 0. The first-order valence-electron chi connectivity index (χ1n) is 7.05. The molecule has 0 spiro atoms. The second-order valence-electron chi connectivity index (χ2n) is 5.38. The van der Waals surface area contributed by atoms with Crippen molar-refractivity contribution in [1.29, 1.82) is 0 Å². The number of nitrogens with one attached hydrogen (secondary N) is 1. The number of piperazine rings is 1. The summed E-state index contributed by atoms with van der Waals surface area (Å²) in [5.74, 6) is 0.0858. The number of aryl methyl sites for hydroxylation is 1. The average Bonchev–Trinajstić information content (AvgIpc) is 2.46. The van der Waals surface area contributed by atoms with Gasteiger partial charge in [0.15, 0.2) is 0 Å². The molecule has 0 unspecified atom stereocenters. The molecule has 3 rings (SSSR count). The fourth-order valence-electron chi connectivity index (χ4n) is 2.71. The Labute approximate surface area is 118 Å². The fraction of sp³-hybridized carbons (Fsp3) is 0.375. The van der Waals surface area contributed by atoms with Crippen molar-refractivity contribution in [2.45, 2.75) is 19.9 Å². The second-order valence-corrected chi connectivity index (χ2v) is 5.38. The topological polar surface area (TPSA) is 45.2 Å². The number of pyridine rings is 1. The summed E-state index contributed by atoms with van der Waals surface area (Å²) in [6.07, 6.45) is 0. The van der Waals surface area contributed by atoms with E-state index >= 15 is 0 Å². The minimum Gasteiger partial charge on any atom is -0.333 e. The van der Waals surface area contributed by atoms with Crippen molar-refractivity contribution in [3.05, 3.63) is 41.6 Å². The summed E-state index contributed by atoms with van der Waals surface area (Å²) in [4.78, 5) is 19.3. The van der Waals surface area contributed by atoms with Gasteiger partial charge in [-0.25, -0.2) is 0 Å². The molecule has 0 saturated carbocycles. The van der Waals surface area contributed by atoms with Crippen LogP contribution >= 0.6 is 0 Å². The first-order chi connectivity index (χ1) is 9.66. The normalized spacial score (nSPS) is 19.3. The SMILES string of the molecule is Cc1ccc2cccc(C(=O)N3CCNC[C@@H]3C)c2n1. The summed E-state index contributed by atoms with van der Waals surface area (Å²) in [6, 6.07) is 10.0. The zero-order valence-electron chi connectivity index (χ0n) is 11.9. The molecule has 0 bridgehead atoms. The van der Waals surface area contributed by atoms with Gasteiger partial charge in [0.1, 0.15) is 0 Å². The number of hydrogen-bond acceptors (Lipinski definition) is 3. The maximum atomic E-state index is 12.8. The number of benzene rings is 1. The predicted molar refractivity (Wildman–Crippen MR) is 79.8 cm³/mol. The standard InChI is InChI=1S/C16H19N3O/c1-11-6-7-13-4-3-5-14(15(13)18-11)16(20)19-9-8-17-10-12(19)2/h3-7,12,17H,8-10H2,1-2H3/t12-/m0/s1. The van der Waals surface area contributed by atoms with Crippen LogP contribution in [0.2, 0.25) is 0 Å². The van der Waals surface area contributed by atoms with Crippen LogP contribution in [0, 0.1) is 6.92 Å². The summed E-state index contributed by atoms with van der Waals surface area (Å²) in [6.45, 7) is 6.49. The van der Waals surface area contributed by atoms with E-state index in [-0.39, 0.29) is 11.9 Å². The van der Waals surface area contributed by atoms with Crippen molar-refractivity contribution in [3.8, 4) is 0 Å². The first-order valence-corrected chi connectivity index (χ1v) is 7.05. The minimum absolute atomic E-state index is 0.0858. The number of hydrogen-bond donors (Lipinski definition) is 1. The van der Waals surface area contributed by atoms with E-state index in [1.807, 2.05) is 42.2 Å². The van der Waals surface area contributed by atoms with E-state index in [9.17, 15) is 4.79 Å². The van der Waals surface area contributed by atoms with Crippen LogP contribution in [0.1, 0.15) is 23.0 Å². The lowest BCUT2D eigenvalue weighted by molar-refractivity contribution is 0.0657. The molecule has 0 radical (unpaired) electrons. The van der Waals surface area contributed by atoms with Gasteiger partial charge in [-0.1, -0.05) is 18.2 Å². The summed E-state index contributed by atoms with van der Waals surface area (Å²) in [5.41, 5.74) is 2.45. The lowest BCUT2D eigenvalue weighted by Crippen LogP contribution is -2.52. The fourth-order valence-corrected chi connectivity index (χ4v) is 2.71. The molecule has 104 valence electrons. The van der Waals surface area contributed by atoms with Crippen molar-refractivity contribution < 1.29 is 4.79 Å². The lowest BCUT2D eigenvalue weighted by atomic mass is 10.1. The van der Waals surface area contributed by atoms with Gasteiger partial charge < -0.3 is 10.2 Å². The highest BCUT2D eigenvalue weighted by molar-refractivity contribution is 6.05. The monoisotopic (exact) mass is 269 g/mol. The molecule has 1 aromatic carbocycles. The molecule has 2 aromatic rings. The Bertz CT molecular complexity index is 653. The van der Waals surface area contributed by atoms with Crippen molar-refractivity contribution in [3.63, 3.8) is 0 Å². The van der Waals surface area contributed by atoms with Crippen molar-refractivity contribution in [2.24, 2.45) is 0 Å². The highest BCUT2D eigenvalue weighted by atomic mass is 16.2. The molecule has 2 heterocycles. The van der Waals surface area contributed by atoms with Crippen LogP contribution in [0.25, 0.3) is 10.9 Å². The highest BCUT2D eigenvalue weighted by Gasteiger charge is 2.25. The zero-order valence-corrected chi connectivity index (χ0v) is 11.9. The van der Waals surface area contributed by atoms with Crippen LogP contribution in [0.4, 0.5) is 0 Å². The molecule has 1 aliphatic heterocycles. The van der Waals surface area contributed by atoms with Crippen LogP contribution in [0.3, 0.4) is 0 Å². The Morgan fingerprint density at radius 2 is 2.20 bits per heavy atom. The zero-order chi connectivity index (χ0) is 14.1. The van der Waals surface area contributed by atoms with Crippen molar-refractivity contribution >= 4 is 16.8 Å². The third kappa shape index (κ3) is 2.27. The van der Waals surface area contributed by atoms with E-state index in [4.69, 9.17) is 0 Å². The largest absolute Gasteiger partial charge is 0.333 e. The van der Waals surface area contributed by atoms with Gasteiger partial charge in [-0.15, -0.1) is 0 Å². The number of para-hydroxylation sites is 1. The maximum absolute atomic E-state index is 12.8. The molecule has 1 amide bonds. The molecule has 0 aliphatic carbocycles. The second kappa shape index (κ2) is 5.21. The minimum atomic E-state index is 0.0858. The molecule has 4 heteroatoms. The van der Waals surface area contributed by atoms with Gasteiger partial charge in [0.05, 0.1) is 11.1 Å². The van der Waals surface area contributed by atoms with Crippen LogP contribution in [0.15, 0.2) is 30.3 Å².